The Kier molecular flexibility index (Phi) is 4.09. The highest BCUT2D eigenvalue weighted by Gasteiger charge is 2.16. The number of aromatic nitrogens is 2. The summed E-state index contributed by atoms with van der Waals surface area (Å²) in [6.07, 6.45) is 2.16. The monoisotopic (exact) mass is 328 g/mol. The van der Waals surface area contributed by atoms with Crippen molar-refractivity contribution in [1.29, 1.82) is 5.26 Å². The Labute approximate surface area is 125 Å². The van der Waals surface area contributed by atoms with E-state index >= 15 is 0 Å². The Morgan fingerprint density at radius 2 is 1.85 bits per heavy atom. The van der Waals surface area contributed by atoms with Gasteiger partial charge >= 0.3 is 0 Å². The number of hydrogen-bond acceptors (Lipinski definition) is 5. The second kappa shape index (κ2) is 5.63. The van der Waals surface area contributed by atoms with Crippen LogP contribution in [-0.4, -0.2) is 18.4 Å². The number of nitrogens with zero attached hydrogens (tertiary/aromatic N) is 3. The van der Waals surface area contributed by atoms with Crippen molar-refractivity contribution in [2.45, 2.75) is 4.90 Å². The van der Waals surface area contributed by atoms with Gasteiger partial charge in [0.2, 0.25) is 5.28 Å². The first-order valence-corrected chi connectivity index (χ1v) is 7.36. The molecule has 1 aromatic carbocycles. The van der Waals surface area contributed by atoms with E-state index in [4.69, 9.17) is 28.5 Å². The van der Waals surface area contributed by atoms with Crippen molar-refractivity contribution >= 4 is 38.9 Å². The molecule has 1 heterocycles. The van der Waals surface area contributed by atoms with Gasteiger partial charge in [0.15, 0.2) is 0 Å². The number of halogens is 2. The summed E-state index contributed by atoms with van der Waals surface area (Å²) >= 11 is 11.3. The van der Waals surface area contributed by atoms with Crippen molar-refractivity contribution < 1.29 is 8.42 Å². The largest absolute Gasteiger partial charge is 0.279 e. The number of anilines is 1. The first-order valence-electron chi connectivity index (χ1n) is 5.12. The molecule has 0 atom stereocenters. The predicted octanol–water partition coefficient (Wildman–Crippen LogP) is 2.46. The number of nitriles is 1. The zero-order valence-electron chi connectivity index (χ0n) is 9.71. The van der Waals surface area contributed by atoms with E-state index < -0.39 is 10.0 Å². The molecule has 0 amide bonds. The van der Waals surface area contributed by atoms with Gasteiger partial charge in [0, 0.05) is 0 Å². The maximum absolute atomic E-state index is 12.0. The van der Waals surface area contributed by atoms with Crippen LogP contribution in [-0.2, 0) is 10.0 Å². The molecule has 1 aromatic heterocycles. The number of benzene rings is 1. The molecule has 2 rings (SSSR count). The first kappa shape index (κ1) is 14.5. The Balaban J connectivity index is 2.34. The van der Waals surface area contributed by atoms with Crippen LogP contribution < -0.4 is 4.72 Å². The summed E-state index contributed by atoms with van der Waals surface area (Å²) in [5.74, 6) is 0. The number of nitrogens with one attached hydrogen (secondary N) is 1. The molecule has 9 heteroatoms. The molecule has 0 radical (unpaired) electrons. The van der Waals surface area contributed by atoms with Gasteiger partial charge in [0.1, 0.15) is 11.0 Å². The van der Waals surface area contributed by atoms with E-state index in [9.17, 15) is 8.42 Å². The van der Waals surface area contributed by atoms with Crippen LogP contribution in [0.15, 0.2) is 35.5 Å². The summed E-state index contributed by atoms with van der Waals surface area (Å²) in [5.41, 5.74) is 0.375. The summed E-state index contributed by atoms with van der Waals surface area (Å²) in [7, 11) is -3.85. The van der Waals surface area contributed by atoms with Crippen molar-refractivity contribution in [3.8, 4) is 6.07 Å². The van der Waals surface area contributed by atoms with Crippen LogP contribution in [0, 0.1) is 11.3 Å². The van der Waals surface area contributed by atoms with Crippen LogP contribution >= 0.6 is 23.2 Å². The summed E-state index contributed by atoms with van der Waals surface area (Å²) in [5, 5.41) is 9.03. The van der Waals surface area contributed by atoms with E-state index in [0.717, 1.165) is 12.4 Å². The highest BCUT2D eigenvalue weighted by molar-refractivity contribution is 7.92. The lowest BCUT2D eigenvalue weighted by molar-refractivity contribution is 0.600. The molecule has 0 saturated carbocycles. The first-order chi connectivity index (χ1) is 9.42. The molecule has 2 aromatic rings. The van der Waals surface area contributed by atoms with Gasteiger partial charge in [0.25, 0.3) is 10.0 Å². The summed E-state index contributed by atoms with van der Waals surface area (Å²) in [6, 6.07) is 6.06. The van der Waals surface area contributed by atoms with Crippen molar-refractivity contribution in [3.63, 3.8) is 0 Å². The number of rotatable bonds is 3. The van der Waals surface area contributed by atoms with Crippen molar-refractivity contribution in [2.24, 2.45) is 0 Å². The molecule has 6 nitrogen and oxygen atoms in total. The van der Waals surface area contributed by atoms with Crippen molar-refractivity contribution in [1.82, 2.24) is 9.97 Å². The Morgan fingerprint density at radius 3 is 2.45 bits per heavy atom. The number of sulfonamides is 1. The molecule has 20 heavy (non-hydrogen) atoms. The Hall–Kier alpha value is -1.88. The van der Waals surface area contributed by atoms with E-state index in [1.54, 1.807) is 0 Å². The lowest BCUT2D eigenvalue weighted by Crippen LogP contribution is -2.13. The van der Waals surface area contributed by atoms with Gasteiger partial charge in [-0.3, -0.25) is 4.72 Å². The minimum Gasteiger partial charge on any atom is -0.279 e. The van der Waals surface area contributed by atoms with Gasteiger partial charge in [0.05, 0.1) is 28.7 Å². The second-order valence-corrected chi connectivity index (χ2v) is 6.03. The van der Waals surface area contributed by atoms with Gasteiger partial charge in [-0.2, -0.15) is 5.26 Å². The second-order valence-electron chi connectivity index (χ2n) is 3.60. The van der Waals surface area contributed by atoms with E-state index in [2.05, 4.69) is 14.7 Å². The average molecular weight is 329 g/mol. The molecule has 0 fully saturated rings. The quantitative estimate of drug-likeness (QED) is 0.873. The van der Waals surface area contributed by atoms with Gasteiger partial charge < -0.3 is 0 Å². The molecular weight excluding hydrogens is 323 g/mol. The predicted molar refractivity (Wildman–Crippen MR) is 74.0 cm³/mol. The Bertz CT molecular complexity index is 785. The fourth-order valence-corrected chi connectivity index (χ4v) is 2.52. The lowest BCUT2D eigenvalue weighted by Gasteiger charge is -2.08. The Morgan fingerprint density at radius 1 is 1.20 bits per heavy atom. The minimum atomic E-state index is -3.85. The molecule has 1 N–H and O–H groups in total. The van der Waals surface area contributed by atoms with Gasteiger partial charge in [-0.15, -0.1) is 0 Å². The molecule has 102 valence electrons. The normalized spacial score (nSPS) is 10.8. The summed E-state index contributed by atoms with van der Waals surface area (Å²) < 4.78 is 26.4. The van der Waals surface area contributed by atoms with Crippen molar-refractivity contribution in [3.05, 3.63) is 46.5 Å². The van der Waals surface area contributed by atoms with Crippen LogP contribution in [0.25, 0.3) is 0 Å². The zero-order valence-corrected chi connectivity index (χ0v) is 12.0. The fraction of sp³-hybridized carbons (Fsp3) is 0. The van der Waals surface area contributed by atoms with Crippen LogP contribution in [0.4, 0.5) is 5.69 Å². The van der Waals surface area contributed by atoms with Gasteiger partial charge in [-0.25, -0.2) is 18.4 Å². The topological polar surface area (TPSA) is 95.7 Å². The van der Waals surface area contributed by atoms with Crippen LogP contribution in [0.2, 0.25) is 10.3 Å². The third kappa shape index (κ3) is 3.17. The smallest absolute Gasteiger partial charge is 0.264 e. The molecule has 0 aliphatic carbocycles. The van der Waals surface area contributed by atoms with E-state index in [1.807, 2.05) is 6.07 Å². The fourth-order valence-electron chi connectivity index (χ4n) is 1.33. The molecule has 0 bridgehead atoms. The maximum atomic E-state index is 12.0. The minimum absolute atomic E-state index is 0.0535. The summed E-state index contributed by atoms with van der Waals surface area (Å²) in [4.78, 5) is 7.05. The SMILES string of the molecule is N#Cc1cc(NS(=O)(=O)c2cnc(Cl)nc2)ccc1Cl. The third-order valence-corrected chi connectivity index (χ3v) is 4.11. The molecule has 0 spiro atoms. The lowest BCUT2D eigenvalue weighted by atomic mass is 10.2. The molecule has 0 unspecified atom stereocenters. The van der Waals surface area contributed by atoms with Crippen LogP contribution in [0.1, 0.15) is 5.56 Å². The standard InChI is InChI=1S/C11H6Cl2N4O2S/c12-10-2-1-8(3-7(10)4-14)17-20(18,19)9-5-15-11(13)16-6-9/h1-3,5-6,17H. The van der Waals surface area contributed by atoms with E-state index in [1.165, 1.54) is 18.2 Å². The molecule has 0 aliphatic rings. The summed E-state index contributed by atoms with van der Waals surface area (Å²) in [6.45, 7) is 0. The van der Waals surface area contributed by atoms with E-state index in [0.29, 0.717) is 0 Å². The van der Waals surface area contributed by atoms with Crippen molar-refractivity contribution in [2.75, 3.05) is 4.72 Å². The molecule has 0 aliphatic heterocycles. The highest BCUT2D eigenvalue weighted by Crippen LogP contribution is 2.22. The zero-order chi connectivity index (χ0) is 14.8. The highest BCUT2D eigenvalue weighted by atomic mass is 35.5. The van der Waals surface area contributed by atoms with Gasteiger partial charge in [-0.05, 0) is 29.8 Å². The average Bonchev–Trinajstić information content (AvgIpc) is 2.41. The van der Waals surface area contributed by atoms with E-state index in [-0.39, 0.29) is 26.5 Å². The van der Waals surface area contributed by atoms with Crippen LogP contribution in [0.3, 0.4) is 0 Å². The van der Waals surface area contributed by atoms with Crippen LogP contribution in [0.5, 0.6) is 0 Å². The number of hydrogen-bond donors (Lipinski definition) is 1. The molecule has 0 saturated heterocycles. The van der Waals surface area contributed by atoms with Gasteiger partial charge in [-0.1, -0.05) is 11.6 Å². The third-order valence-electron chi connectivity index (χ3n) is 2.25. The maximum Gasteiger partial charge on any atom is 0.264 e. The molecular formula is C11H6Cl2N4O2S.